The molecule has 2 aromatic heterocycles. The average molecular weight is 379 g/mol. The van der Waals surface area contributed by atoms with Gasteiger partial charge < -0.3 is 10.3 Å². The molecule has 0 aliphatic heterocycles. The first kappa shape index (κ1) is 17.3. The van der Waals surface area contributed by atoms with Crippen LogP contribution in [0.15, 0.2) is 58.3 Å². The number of carbonyl (C=O) groups is 1. The predicted octanol–water partition coefficient (Wildman–Crippen LogP) is 1.96. The third kappa shape index (κ3) is 3.43. The van der Waals surface area contributed by atoms with E-state index in [2.05, 4.69) is 30.5 Å². The molecule has 4 aromatic rings. The summed E-state index contributed by atoms with van der Waals surface area (Å²) in [6.07, 6.45) is 1.42. The maximum atomic E-state index is 12.9. The average Bonchev–Trinajstić information content (AvgIpc) is 3.27. The minimum atomic E-state index is -0.391. The van der Waals surface area contributed by atoms with E-state index in [0.29, 0.717) is 16.9 Å². The third-order valence-corrected chi connectivity index (χ3v) is 3.95. The van der Waals surface area contributed by atoms with Gasteiger partial charge in [-0.05, 0) is 40.1 Å². The molecule has 2 aromatic carbocycles. The van der Waals surface area contributed by atoms with Gasteiger partial charge in [0.1, 0.15) is 12.4 Å². The standard InChI is InChI=1S/C18H14FN7O2/c19-12-7-5-11(6-8-12)9-21-23-15(27)10-26-14-4-2-1-3-13(14)22-18(26)16-17(20)25-28-24-16/h1-9H,10H2,(H2,20,25)(H,23,27)/b21-9-. The molecule has 0 atom stereocenters. The number of imidazole rings is 1. The van der Waals surface area contributed by atoms with E-state index in [4.69, 9.17) is 5.73 Å². The summed E-state index contributed by atoms with van der Waals surface area (Å²) < 4.78 is 19.2. The van der Waals surface area contributed by atoms with Gasteiger partial charge in [-0.25, -0.2) is 19.4 Å². The number of halogens is 1. The molecule has 1 amide bonds. The van der Waals surface area contributed by atoms with Gasteiger partial charge in [-0.15, -0.1) is 0 Å². The van der Waals surface area contributed by atoms with Gasteiger partial charge in [-0.2, -0.15) is 5.10 Å². The highest BCUT2D eigenvalue weighted by atomic mass is 19.1. The molecule has 9 nitrogen and oxygen atoms in total. The Kier molecular flexibility index (Phi) is 4.50. The summed E-state index contributed by atoms with van der Waals surface area (Å²) in [7, 11) is 0. The summed E-state index contributed by atoms with van der Waals surface area (Å²) in [5.74, 6) is -0.302. The van der Waals surface area contributed by atoms with Crippen LogP contribution in [-0.4, -0.2) is 32.0 Å². The van der Waals surface area contributed by atoms with Crippen molar-refractivity contribution in [3.63, 3.8) is 0 Å². The first-order valence-corrected chi connectivity index (χ1v) is 8.23. The van der Waals surface area contributed by atoms with Crippen LogP contribution in [0.25, 0.3) is 22.6 Å². The van der Waals surface area contributed by atoms with Gasteiger partial charge in [-0.3, -0.25) is 4.79 Å². The van der Waals surface area contributed by atoms with Crippen molar-refractivity contribution in [2.24, 2.45) is 5.10 Å². The number of nitrogen functional groups attached to an aromatic ring is 1. The van der Waals surface area contributed by atoms with Crippen molar-refractivity contribution >= 4 is 29.0 Å². The maximum absolute atomic E-state index is 12.9. The van der Waals surface area contributed by atoms with Crippen molar-refractivity contribution < 1.29 is 13.8 Å². The lowest BCUT2D eigenvalue weighted by atomic mass is 10.2. The highest BCUT2D eigenvalue weighted by Crippen LogP contribution is 2.26. The van der Waals surface area contributed by atoms with Crippen molar-refractivity contribution in [2.45, 2.75) is 6.54 Å². The zero-order valence-corrected chi connectivity index (χ0v) is 14.4. The van der Waals surface area contributed by atoms with E-state index in [9.17, 15) is 9.18 Å². The molecule has 28 heavy (non-hydrogen) atoms. The normalized spacial score (nSPS) is 11.3. The van der Waals surface area contributed by atoms with Crippen LogP contribution in [0.5, 0.6) is 0 Å². The van der Waals surface area contributed by atoms with Gasteiger partial charge >= 0.3 is 0 Å². The largest absolute Gasteiger partial charge is 0.379 e. The molecule has 0 aliphatic carbocycles. The van der Waals surface area contributed by atoms with E-state index >= 15 is 0 Å². The summed E-state index contributed by atoms with van der Waals surface area (Å²) in [4.78, 5) is 16.9. The minimum Gasteiger partial charge on any atom is -0.379 e. The lowest BCUT2D eigenvalue weighted by Gasteiger charge is -2.06. The summed E-state index contributed by atoms with van der Waals surface area (Å²) in [6.45, 7) is -0.0805. The number of hydrogen-bond donors (Lipinski definition) is 2. The number of fused-ring (bicyclic) bond motifs is 1. The molecule has 0 fully saturated rings. The van der Waals surface area contributed by atoms with Crippen LogP contribution in [0.3, 0.4) is 0 Å². The number of amides is 1. The number of anilines is 1. The number of aromatic nitrogens is 4. The summed E-state index contributed by atoms with van der Waals surface area (Å²) in [6, 6.07) is 13.0. The quantitative estimate of drug-likeness (QED) is 0.403. The molecule has 0 spiro atoms. The zero-order valence-electron chi connectivity index (χ0n) is 14.4. The smallest absolute Gasteiger partial charge is 0.260 e. The number of benzene rings is 2. The van der Waals surface area contributed by atoms with Gasteiger partial charge in [-0.1, -0.05) is 24.3 Å². The first-order chi connectivity index (χ1) is 13.6. The summed E-state index contributed by atoms with van der Waals surface area (Å²) in [5, 5.41) is 11.2. The Bertz CT molecular complexity index is 1160. The Balaban J connectivity index is 1.57. The van der Waals surface area contributed by atoms with Gasteiger partial charge in [0.2, 0.25) is 0 Å². The fourth-order valence-electron chi connectivity index (χ4n) is 2.67. The molecular weight excluding hydrogens is 365 g/mol. The van der Waals surface area contributed by atoms with Crippen LogP contribution in [0.4, 0.5) is 10.2 Å². The molecule has 10 heteroatoms. The van der Waals surface area contributed by atoms with Gasteiger partial charge in [0.05, 0.1) is 17.2 Å². The van der Waals surface area contributed by atoms with Gasteiger partial charge in [0.15, 0.2) is 17.3 Å². The Labute approximate surface area is 157 Å². The molecule has 0 saturated heterocycles. The Morgan fingerprint density at radius 2 is 2.00 bits per heavy atom. The predicted molar refractivity (Wildman–Crippen MR) is 99.6 cm³/mol. The topological polar surface area (TPSA) is 124 Å². The second kappa shape index (κ2) is 7.27. The lowest BCUT2D eigenvalue weighted by Crippen LogP contribution is -2.23. The van der Waals surface area contributed by atoms with Crippen LogP contribution >= 0.6 is 0 Å². The van der Waals surface area contributed by atoms with E-state index in [1.807, 2.05) is 24.3 Å². The fraction of sp³-hybridized carbons (Fsp3) is 0.0556. The van der Waals surface area contributed by atoms with E-state index in [-0.39, 0.29) is 23.9 Å². The van der Waals surface area contributed by atoms with Crippen LogP contribution in [0, 0.1) is 5.82 Å². The van der Waals surface area contributed by atoms with Crippen molar-refractivity contribution in [1.82, 2.24) is 25.3 Å². The highest BCUT2D eigenvalue weighted by molar-refractivity contribution is 5.86. The van der Waals surface area contributed by atoms with Crippen LogP contribution in [-0.2, 0) is 11.3 Å². The number of para-hydroxylation sites is 2. The number of rotatable bonds is 5. The van der Waals surface area contributed by atoms with Gasteiger partial charge in [0.25, 0.3) is 5.91 Å². The lowest BCUT2D eigenvalue weighted by molar-refractivity contribution is -0.121. The van der Waals surface area contributed by atoms with Crippen molar-refractivity contribution in [3.8, 4) is 11.5 Å². The van der Waals surface area contributed by atoms with Crippen LogP contribution in [0.1, 0.15) is 5.56 Å². The molecule has 0 aliphatic rings. The molecule has 3 N–H and O–H groups in total. The molecule has 4 rings (SSSR count). The Hall–Kier alpha value is -4.08. The van der Waals surface area contributed by atoms with Crippen molar-refractivity contribution in [1.29, 1.82) is 0 Å². The second-order valence-corrected chi connectivity index (χ2v) is 5.85. The first-order valence-electron chi connectivity index (χ1n) is 8.23. The summed E-state index contributed by atoms with van der Waals surface area (Å²) >= 11 is 0. The monoisotopic (exact) mass is 379 g/mol. The molecule has 0 unspecified atom stereocenters. The highest BCUT2D eigenvalue weighted by Gasteiger charge is 2.20. The molecular formula is C18H14FN7O2. The SMILES string of the molecule is Nc1nonc1-c1nc2ccccc2n1CC(=O)N/N=C\c1ccc(F)cc1. The Morgan fingerprint density at radius 1 is 1.21 bits per heavy atom. The van der Waals surface area contributed by atoms with Gasteiger partial charge in [0, 0.05) is 0 Å². The number of hydrazone groups is 1. The van der Waals surface area contributed by atoms with Crippen LogP contribution in [0.2, 0.25) is 0 Å². The minimum absolute atomic E-state index is 0.0753. The number of nitrogens with two attached hydrogens (primary N) is 1. The van der Waals surface area contributed by atoms with E-state index in [0.717, 1.165) is 5.52 Å². The number of nitrogens with one attached hydrogen (secondary N) is 1. The maximum Gasteiger partial charge on any atom is 0.260 e. The van der Waals surface area contributed by atoms with Crippen molar-refractivity contribution in [3.05, 3.63) is 59.9 Å². The number of hydrogen-bond acceptors (Lipinski definition) is 7. The van der Waals surface area contributed by atoms with Crippen molar-refractivity contribution in [2.75, 3.05) is 5.73 Å². The third-order valence-electron chi connectivity index (χ3n) is 3.95. The molecule has 0 radical (unpaired) electrons. The molecule has 0 saturated carbocycles. The molecule has 2 heterocycles. The van der Waals surface area contributed by atoms with E-state index in [1.165, 1.54) is 18.3 Å². The summed E-state index contributed by atoms with van der Waals surface area (Å²) in [5.41, 5.74) is 10.5. The zero-order chi connectivity index (χ0) is 19.5. The Morgan fingerprint density at radius 3 is 2.75 bits per heavy atom. The molecule has 140 valence electrons. The fourth-order valence-corrected chi connectivity index (χ4v) is 2.67. The van der Waals surface area contributed by atoms with E-state index in [1.54, 1.807) is 16.7 Å². The number of nitrogens with zero attached hydrogens (tertiary/aromatic N) is 5. The number of carbonyl (C=O) groups excluding carboxylic acids is 1. The second-order valence-electron chi connectivity index (χ2n) is 5.85. The van der Waals surface area contributed by atoms with Crippen LogP contribution < -0.4 is 11.2 Å². The van der Waals surface area contributed by atoms with E-state index < -0.39 is 5.91 Å². The molecule has 0 bridgehead atoms.